The summed E-state index contributed by atoms with van der Waals surface area (Å²) >= 11 is 0. The predicted octanol–water partition coefficient (Wildman–Crippen LogP) is 3.56. The molecule has 1 rings (SSSR count). The maximum Gasteiger partial charge on any atom is 0.224 e. The van der Waals surface area contributed by atoms with E-state index in [2.05, 4.69) is 10.6 Å². The molecule has 5 nitrogen and oxygen atoms in total. The van der Waals surface area contributed by atoms with Crippen molar-refractivity contribution < 1.29 is 14.3 Å². The molecule has 1 aromatic rings. The van der Waals surface area contributed by atoms with Gasteiger partial charge in [-0.3, -0.25) is 9.59 Å². The van der Waals surface area contributed by atoms with Gasteiger partial charge in [-0.15, -0.1) is 0 Å². The van der Waals surface area contributed by atoms with Crippen molar-refractivity contribution in [2.45, 2.75) is 46.0 Å². The van der Waals surface area contributed by atoms with E-state index in [4.69, 9.17) is 4.74 Å². The normalized spacial score (nSPS) is 10.0. The van der Waals surface area contributed by atoms with Gasteiger partial charge in [-0.2, -0.15) is 0 Å². The number of anilines is 2. The molecule has 0 radical (unpaired) electrons. The van der Waals surface area contributed by atoms with Gasteiger partial charge in [-0.1, -0.05) is 20.3 Å². The van der Waals surface area contributed by atoms with E-state index in [1.54, 1.807) is 18.2 Å². The van der Waals surface area contributed by atoms with Crippen molar-refractivity contribution in [3.63, 3.8) is 0 Å². The van der Waals surface area contributed by atoms with Crippen LogP contribution in [0.25, 0.3) is 0 Å². The predicted molar refractivity (Wildman–Crippen MR) is 84.7 cm³/mol. The molecule has 0 saturated heterocycles. The Morgan fingerprint density at radius 3 is 2.38 bits per heavy atom. The highest BCUT2D eigenvalue weighted by molar-refractivity contribution is 5.94. The Bertz CT molecular complexity index is 486. The number of hydrogen-bond donors (Lipinski definition) is 2. The number of rotatable bonds is 8. The molecule has 2 amide bonds. The van der Waals surface area contributed by atoms with Crippen LogP contribution < -0.4 is 15.4 Å². The molecule has 0 aromatic heterocycles. The van der Waals surface area contributed by atoms with Crippen LogP contribution in [0.5, 0.6) is 5.75 Å². The SMILES string of the molecule is CCCCC(=O)Nc1ccc(NC(=O)CCC)cc1OC. The Hall–Kier alpha value is -2.04. The second-order valence-corrected chi connectivity index (χ2v) is 4.86. The van der Waals surface area contributed by atoms with Crippen LogP contribution in [0, 0.1) is 0 Å². The van der Waals surface area contributed by atoms with Gasteiger partial charge in [0.15, 0.2) is 0 Å². The summed E-state index contributed by atoms with van der Waals surface area (Å²) in [6.45, 7) is 4.00. The molecule has 0 saturated carbocycles. The first-order valence-electron chi connectivity index (χ1n) is 7.38. The summed E-state index contributed by atoms with van der Waals surface area (Å²) in [4.78, 5) is 23.3. The average molecular weight is 292 g/mol. The third kappa shape index (κ3) is 5.85. The van der Waals surface area contributed by atoms with Crippen molar-refractivity contribution in [1.82, 2.24) is 0 Å². The van der Waals surface area contributed by atoms with Gasteiger partial charge in [0.05, 0.1) is 12.8 Å². The Kier molecular flexibility index (Phi) is 7.29. The maximum atomic E-state index is 11.8. The summed E-state index contributed by atoms with van der Waals surface area (Å²) < 4.78 is 5.27. The Balaban J connectivity index is 2.74. The van der Waals surface area contributed by atoms with E-state index in [-0.39, 0.29) is 11.8 Å². The minimum atomic E-state index is -0.0297. The van der Waals surface area contributed by atoms with Crippen molar-refractivity contribution in [2.75, 3.05) is 17.7 Å². The first-order valence-corrected chi connectivity index (χ1v) is 7.38. The summed E-state index contributed by atoms with van der Waals surface area (Å²) in [5, 5.41) is 5.63. The summed E-state index contributed by atoms with van der Waals surface area (Å²) in [5.74, 6) is 0.478. The van der Waals surface area contributed by atoms with Crippen LogP contribution >= 0.6 is 0 Å². The largest absolute Gasteiger partial charge is 0.494 e. The van der Waals surface area contributed by atoms with E-state index in [1.807, 2.05) is 13.8 Å². The van der Waals surface area contributed by atoms with E-state index in [0.29, 0.717) is 30.0 Å². The maximum absolute atomic E-state index is 11.8. The van der Waals surface area contributed by atoms with Gasteiger partial charge in [0.2, 0.25) is 11.8 Å². The number of nitrogens with one attached hydrogen (secondary N) is 2. The third-order valence-electron chi connectivity index (χ3n) is 2.99. The van der Waals surface area contributed by atoms with E-state index in [0.717, 1.165) is 19.3 Å². The lowest BCUT2D eigenvalue weighted by molar-refractivity contribution is -0.117. The third-order valence-corrected chi connectivity index (χ3v) is 2.99. The van der Waals surface area contributed by atoms with Crippen LogP contribution in [0.15, 0.2) is 18.2 Å². The van der Waals surface area contributed by atoms with Crippen molar-refractivity contribution in [3.05, 3.63) is 18.2 Å². The molecular formula is C16H24N2O3. The van der Waals surface area contributed by atoms with E-state index in [1.165, 1.54) is 7.11 Å². The summed E-state index contributed by atoms with van der Waals surface area (Å²) in [5.41, 5.74) is 1.28. The van der Waals surface area contributed by atoms with Crippen molar-refractivity contribution in [1.29, 1.82) is 0 Å². The molecule has 1 aromatic carbocycles. The Morgan fingerprint density at radius 2 is 1.76 bits per heavy atom. The lowest BCUT2D eigenvalue weighted by Crippen LogP contribution is -2.13. The molecular weight excluding hydrogens is 268 g/mol. The monoisotopic (exact) mass is 292 g/mol. The fraction of sp³-hybridized carbons (Fsp3) is 0.500. The lowest BCUT2D eigenvalue weighted by Gasteiger charge is -2.12. The van der Waals surface area contributed by atoms with Gasteiger partial charge in [0.1, 0.15) is 5.75 Å². The van der Waals surface area contributed by atoms with Gasteiger partial charge < -0.3 is 15.4 Å². The fourth-order valence-corrected chi connectivity index (χ4v) is 1.87. The Morgan fingerprint density at radius 1 is 1.05 bits per heavy atom. The van der Waals surface area contributed by atoms with Crippen LogP contribution in [0.4, 0.5) is 11.4 Å². The summed E-state index contributed by atoms with van der Waals surface area (Å²) in [6, 6.07) is 5.21. The van der Waals surface area contributed by atoms with E-state index >= 15 is 0 Å². The fourth-order valence-electron chi connectivity index (χ4n) is 1.87. The second kappa shape index (κ2) is 9.00. The molecule has 0 fully saturated rings. The zero-order chi connectivity index (χ0) is 15.7. The molecule has 0 spiro atoms. The van der Waals surface area contributed by atoms with E-state index in [9.17, 15) is 9.59 Å². The molecule has 0 bridgehead atoms. The first kappa shape index (κ1) is 17.0. The minimum absolute atomic E-state index is 0.0284. The molecule has 5 heteroatoms. The van der Waals surface area contributed by atoms with Crippen LogP contribution in [0.3, 0.4) is 0 Å². The van der Waals surface area contributed by atoms with Crippen LogP contribution in [0.1, 0.15) is 46.0 Å². The smallest absolute Gasteiger partial charge is 0.224 e. The molecule has 116 valence electrons. The van der Waals surface area contributed by atoms with Crippen molar-refractivity contribution in [2.24, 2.45) is 0 Å². The van der Waals surface area contributed by atoms with Crippen LogP contribution in [0.2, 0.25) is 0 Å². The zero-order valence-electron chi connectivity index (χ0n) is 13.0. The first-order chi connectivity index (χ1) is 10.1. The van der Waals surface area contributed by atoms with Gasteiger partial charge >= 0.3 is 0 Å². The number of amides is 2. The average Bonchev–Trinajstić information content (AvgIpc) is 2.46. The number of benzene rings is 1. The van der Waals surface area contributed by atoms with Gasteiger partial charge in [-0.05, 0) is 25.0 Å². The number of methoxy groups -OCH3 is 1. The minimum Gasteiger partial charge on any atom is -0.494 e. The molecule has 21 heavy (non-hydrogen) atoms. The number of unbranched alkanes of at least 4 members (excludes halogenated alkanes) is 1. The molecule has 0 atom stereocenters. The number of hydrogen-bond acceptors (Lipinski definition) is 3. The Labute approximate surface area is 126 Å². The standard InChI is InChI=1S/C16H24N2O3/c1-4-6-8-16(20)18-13-10-9-12(11-14(13)21-3)17-15(19)7-5-2/h9-11H,4-8H2,1-3H3,(H,17,19)(H,18,20). The molecule has 2 N–H and O–H groups in total. The molecule has 0 heterocycles. The van der Waals surface area contributed by atoms with E-state index < -0.39 is 0 Å². The van der Waals surface area contributed by atoms with Gasteiger partial charge in [0, 0.05) is 24.6 Å². The highest BCUT2D eigenvalue weighted by Gasteiger charge is 2.09. The van der Waals surface area contributed by atoms with Crippen LogP contribution in [-0.2, 0) is 9.59 Å². The van der Waals surface area contributed by atoms with Crippen LogP contribution in [-0.4, -0.2) is 18.9 Å². The van der Waals surface area contributed by atoms with Crippen molar-refractivity contribution in [3.8, 4) is 5.75 Å². The number of carbonyl (C=O) groups is 2. The number of ether oxygens (including phenoxy) is 1. The quantitative estimate of drug-likeness (QED) is 0.769. The number of carbonyl (C=O) groups excluding carboxylic acids is 2. The molecule has 0 aliphatic carbocycles. The van der Waals surface area contributed by atoms with Gasteiger partial charge in [-0.25, -0.2) is 0 Å². The summed E-state index contributed by atoms with van der Waals surface area (Å²) in [7, 11) is 1.54. The lowest BCUT2D eigenvalue weighted by atomic mass is 10.2. The summed E-state index contributed by atoms with van der Waals surface area (Å²) in [6.07, 6.45) is 3.62. The van der Waals surface area contributed by atoms with Crippen molar-refractivity contribution >= 4 is 23.2 Å². The highest BCUT2D eigenvalue weighted by atomic mass is 16.5. The zero-order valence-corrected chi connectivity index (χ0v) is 13.0. The molecule has 0 aliphatic rings. The highest BCUT2D eigenvalue weighted by Crippen LogP contribution is 2.28. The van der Waals surface area contributed by atoms with Gasteiger partial charge in [0.25, 0.3) is 0 Å². The topological polar surface area (TPSA) is 67.4 Å². The molecule has 0 unspecified atom stereocenters. The molecule has 0 aliphatic heterocycles. The second-order valence-electron chi connectivity index (χ2n) is 4.86.